The van der Waals surface area contributed by atoms with Crippen molar-refractivity contribution in [1.29, 1.82) is 0 Å². The normalized spacial score (nSPS) is 11.3. The molecule has 0 aliphatic carbocycles. The lowest BCUT2D eigenvalue weighted by Gasteiger charge is -2.09. The first kappa shape index (κ1) is 15.6. The predicted molar refractivity (Wildman–Crippen MR) is 76.4 cm³/mol. The Kier molecular flexibility index (Phi) is 5.06. The van der Waals surface area contributed by atoms with Gasteiger partial charge in [0.15, 0.2) is 5.82 Å². The van der Waals surface area contributed by atoms with Gasteiger partial charge in [-0.05, 0) is 19.9 Å². The second-order valence-corrected chi connectivity index (χ2v) is 5.50. The highest BCUT2D eigenvalue weighted by atomic mass is 32.2. The number of ether oxygens (including phenoxy) is 1. The molecule has 21 heavy (non-hydrogen) atoms. The van der Waals surface area contributed by atoms with E-state index >= 15 is 0 Å². The van der Waals surface area contributed by atoms with E-state index in [4.69, 9.17) is 4.74 Å². The number of halogens is 2. The molecule has 2 aromatic rings. The molecular weight excluding hydrogens is 298 g/mol. The third-order valence-electron chi connectivity index (χ3n) is 2.47. The highest BCUT2D eigenvalue weighted by Crippen LogP contribution is 2.28. The zero-order chi connectivity index (χ0) is 15.4. The Morgan fingerprint density at radius 1 is 1.29 bits per heavy atom. The molecule has 0 bridgehead atoms. The molecule has 0 spiro atoms. The van der Waals surface area contributed by atoms with Crippen LogP contribution in [0.3, 0.4) is 0 Å². The summed E-state index contributed by atoms with van der Waals surface area (Å²) in [5.41, 5.74) is 0.433. The van der Waals surface area contributed by atoms with Crippen molar-refractivity contribution in [2.45, 2.75) is 31.4 Å². The number of alkyl halides is 2. The lowest BCUT2D eigenvalue weighted by atomic mass is 10.2. The van der Waals surface area contributed by atoms with Crippen molar-refractivity contribution in [3.05, 3.63) is 30.1 Å². The van der Waals surface area contributed by atoms with Gasteiger partial charge in [0.25, 0.3) is 6.43 Å². The lowest BCUT2D eigenvalue weighted by molar-refractivity contribution is -0.144. The number of para-hydroxylation sites is 1. The fourth-order valence-electron chi connectivity index (χ4n) is 1.70. The summed E-state index contributed by atoms with van der Waals surface area (Å²) in [4.78, 5) is 19.2. The predicted octanol–water partition coefficient (Wildman–Crippen LogP) is 3.61. The molecule has 0 amide bonds. The zero-order valence-electron chi connectivity index (χ0n) is 11.5. The number of carbonyl (C=O) groups is 1. The maximum Gasteiger partial charge on any atom is 0.316 e. The second kappa shape index (κ2) is 6.80. The molecule has 0 unspecified atom stereocenters. The Hall–Kier alpha value is -1.76. The molecule has 4 nitrogen and oxygen atoms in total. The first-order valence-electron chi connectivity index (χ1n) is 6.34. The number of thioether (sulfide) groups is 1. The van der Waals surface area contributed by atoms with E-state index in [-0.39, 0.29) is 11.9 Å². The Morgan fingerprint density at radius 3 is 2.67 bits per heavy atom. The molecule has 7 heteroatoms. The number of fused-ring (bicyclic) bond motifs is 1. The highest BCUT2D eigenvalue weighted by Gasteiger charge is 2.16. The quantitative estimate of drug-likeness (QED) is 0.479. The number of nitrogens with zero attached hydrogens (tertiary/aromatic N) is 2. The van der Waals surface area contributed by atoms with Crippen molar-refractivity contribution in [1.82, 2.24) is 9.97 Å². The van der Waals surface area contributed by atoms with Crippen molar-refractivity contribution in [2.24, 2.45) is 0 Å². The summed E-state index contributed by atoms with van der Waals surface area (Å²) in [6.07, 6.45) is -2.96. The molecule has 1 aromatic heterocycles. The Bertz CT molecular complexity index is 650. The number of esters is 1. The number of benzene rings is 1. The standard InChI is InChI=1S/C14H14F2N2O2S/c1-8(2)20-11(19)7-21-14-9-5-3-4-6-10(9)17-13(18-14)12(15)16/h3-6,8,12H,7H2,1-2H3. The molecule has 0 saturated carbocycles. The van der Waals surface area contributed by atoms with E-state index in [2.05, 4.69) is 9.97 Å². The van der Waals surface area contributed by atoms with Gasteiger partial charge in [-0.2, -0.15) is 0 Å². The van der Waals surface area contributed by atoms with E-state index in [1.807, 2.05) is 0 Å². The third kappa shape index (κ3) is 4.10. The maximum atomic E-state index is 12.8. The van der Waals surface area contributed by atoms with Crippen molar-refractivity contribution in [3.63, 3.8) is 0 Å². The highest BCUT2D eigenvalue weighted by molar-refractivity contribution is 8.00. The summed E-state index contributed by atoms with van der Waals surface area (Å²) in [7, 11) is 0. The fourth-order valence-corrected chi connectivity index (χ4v) is 2.51. The molecule has 0 aliphatic rings. The summed E-state index contributed by atoms with van der Waals surface area (Å²) in [6, 6.07) is 6.86. The second-order valence-electron chi connectivity index (χ2n) is 4.53. The minimum atomic E-state index is -2.75. The molecule has 0 aliphatic heterocycles. The Balaban J connectivity index is 2.27. The van der Waals surface area contributed by atoms with Gasteiger partial charge in [-0.15, -0.1) is 0 Å². The van der Waals surface area contributed by atoms with Crippen LogP contribution in [0.15, 0.2) is 29.3 Å². The number of hydrogen-bond donors (Lipinski definition) is 0. The van der Waals surface area contributed by atoms with Crippen LogP contribution in [0.25, 0.3) is 10.9 Å². The fraction of sp³-hybridized carbons (Fsp3) is 0.357. The first-order valence-corrected chi connectivity index (χ1v) is 7.33. The average molecular weight is 312 g/mol. The van der Waals surface area contributed by atoms with Gasteiger partial charge in [0.1, 0.15) is 5.03 Å². The van der Waals surface area contributed by atoms with E-state index in [0.717, 1.165) is 11.8 Å². The molecule has 2 rings (SSSR count). The SMILES string of the molecule is CC(C)OC(=O)CSc1nc(C(F)F)nc2ccccc12. The van der Waals surface area contributed by atoms with E-state index < -0.39 is 18.2 Å². The van der Waals surface area contributed by atoms with Gasteiger partial charge < -0.3 is 4.74 Å². The summed E-state index contributed by atoms with van der Waals surface area (Å²) < 4.78 is 30.7. The van der Waals surface area contributed by atoms with Crippen LogP contribution in [0, 0.1) is 0 Å². The molecule has 0 fully saturated rings. The Morgan fingerprint density at radius 2 is 2.00 bits per heavy atom. The summed E-state index contributed by atoms with van der Waals surface area (Å²) in [5, 5.41) is 1.00. The summed E-state index contributed by atoms with van der Waals surface area (Å²) in [5.74, 6) is -0.924. The minimum Gasteiger partial charge on any atom is -0.462 e. The molecule has 0 atom stereocenters. The zero-order valence-corrected chi connectivity index (χ0v) is 12.4. The molecule has 112 valence electrons. The lowest BCUT2D eigenvalue weighted by Crippen LogP contribution is -2.13. The first-order chi connectivity index (χ1) is 9.97. The van der Waals surface area contributed by atoms with Gasteiger partial charge in [0.2, 0.25) is 0 Å². The monoisotopic (exact) mass is 312 g/mol. The van der Waals surface area contributed by atoms with Crippen LogP contribution in [0.5, 0.6) is 0 Å². The largest absolute Gasteiger partial charge is 0.462 e. The van der Waals surface area contributed by atoms with Crippen LogP contribution in [0.2, 0.25) is 0 Å². The molecule has 0 N–H and O–H groups in total. The molecule has 0 radical (unpaired) electrons. The van der Waals surface area contributed by atoms with Crippen molar-refractivity contribution in [2.75, 3.05) is 5.75 Å². The summed E-state index contributed by atoms with van der Waals surface area (Å²) in [6.45, 7) is 3.50. The molecule has 1 heterocycles. The van der Waals surface area contributed by atoms with E-state index in [0.29, 0.717) is 15.9 Å². The van der Waals surface area contributed by atoms with E-state index in [1.54, 1.807) is 38.1 Å². The van der Waals surface area contributed by atoms with Crippen molar-refractivity contribution in [3.8, 4) is 0 Å². The van der Waals surface area contributed by atoms with Crippen LogP contribution < -0.4 is 0 Å². The van der Waals surface area contributed by atoms with Gasteiger partial charge in [-0.25, -0.2) is 18.7 Å². The van der Waals surface area contributed by atoms with Crippen LogP contribution in [-0.4, -0.2) is 27.8 Å². The van der Waals surface area contributed by atoms with Crippen LogP contribution in [0.4, 0.5) is 8.78 Å². The van der Waals surface area contributed by atoms with Crippen molar-refractivity contribution >= 4 is 28.6 Å². The van der Waals surface area contributed by atoms with Gasteiger partial charge >= 0.3 is 5.97 Å². The van der Waals surface area contributed by atoms with Crippen LogP contribution in [-0.2, 0) is 9.53 Å². The van der Waals surface area contributed by atoms with Crippen LogP contribution >= 0.6 is 11.8 Å². The Labute approximate surface area is 124 Å². The topological polar surface area (TPSA) is 52.1 Å². The minimum absolute atomic E-state index is 0.0157. The third-order valence-corrected chi connectivity index (χ3v) is 3.44. The average Bonchev–Trinajstić information content (AvgIpc) is 2.43. The van der Waals surface area contributed by atoms with Gasteiger partial charge in [0.05, 0.1) is 17.4 Å². The number of carbonyl (C=O) groups excluding carboxylic acids is 1. The number of aromatic nitrogens is 2. The summed E-state index contributed by atoms with van der Waals surface area (Å²) >= 11 is 1.07. The van der Waals surface area contributed by atoms with Crippen molar-refractivity contribution < 1.29 is 18.3 Å². The maximum absolute atomic E-state index is 12.8. The van der Waals surface area contributed by atoms with Gasteiger partial charge in [-0.3, -0.25) is 4.79 Å². The number of rotatable bonds is 5. The van der Waals surface area contributed by atoms with E-state index in [1.165, 1.54) is 0 Å². The molecule has 0 saturated heterocycles. The van der Waals surface area contributed by atoms with E-state index in [9.17, 15) is 13.6 Å². The van der Waals surface area contributed by atoms with Gasteiger partial charge in [0, 0.05) is 5.39 Å². The smallest absolute Gasteiger partial charge is 0.316 e. The van der Waals surface area contributed by atoms with Crippen LogP contribution in [0.1, 0.15) is 26.1 Å². The van der Waals surface area contributed by atoms with Gasteiger partial charge in [-0.1, -0.05) is 30.0 Å². The molecule has 1 aromatic carbocycles. The number of hydrogen-bond acceptors (Lipinski definition) is 5. The molecular formula is C14H14F2N2O2S.